The molecule has 0 radical (unpaired) electrons. The van der Waals surface area contributed by atoms with Crippen molar-refractivity contribution in [2.75, 3.05) is 0 Å². The highest BCUT2D eigenvalue weighted by Crippen LogP contribution is 2.37. The van der Waals surface area contributed by atoms with E-state index < -0.39 is 6.43 Å². The van der Waals surface area contributed by atoms with E-state index in [1.807, 2.05) is 30.3 Å². The summed E-state index contributed by atoms with van der Waals surface area (Å²) in [6, 6.07) is 21.2. The maximum absolute atomic E-state index is 13.5. The Bertz CT molecular complexity index is 819. The summed E-state index contributed by atoms with van der Waals surface area (Å²) in [5.41, 5.74) is 1.90. The van der Waals surface area contributed by atoms with E-state index in [1.165, 1.54) is 6.07 Å². The van der Waals surface area contributed by atoms with E-state index in [4.69, 9.17) is 16.3 Å². The zero-order valence-corrected chi connectivity index (χ0v) is 13.5. The first-order valence-electron chi connectivity index (χ1n) is 7.49. The van der Waals surface area contributed by atoms with Crippen molar-refractivity contribution in [1.29, 1.82) is 0 Å². The summed E-state index contributed by atoms with van der Waals surface area (Å²) in [4.78, 5) is 0. The Labute approximate surface area is 144 Å². The fourth-order valence-electron chi connectivity index (χ4n) is 2.48. The lowest BCUT2D eigenvalue weighted by Gasteiger charge is -2.13. The maximum atomic E-state index is 13.5. The van der Waals surface area contributed by atoms with Crippen molar-refractivity contribution in [2.24, 2.45) is 0 Å². The highest BCUT2D eigenvalue weighted by molar-refractivity contribution is 6.33. The van der Waals surface area contributed by atoms with Crippen LogP contribution in [0.3, 0.4) is 0 Å². The normalized spacial score (nSPS) is 10.8. The summed E-state index contributed by atoms with van der Waals surface area (Å²) in [5.74, 6) is 0.407. The molecule has 4 heteroatoms. The third kappa shape index (κ3) is 3.74. The first-order valence-corrected chi connectivity index (χ1v) is 7.86. The molecule has 0 amide bonds. The standard InChI is InChI=1S/C20H15ClF2O/c21-19-9-5-4-8-17(19)16-11-10-15(12-18(16)20(22)23)24-13-14-6-2-1-3-7-14/h1-12,20H,13H2. The van der Waals surface area contributed by atoms with Crippen molar-refractivity contribution in [3.05, 3.63) is 88.9 Å². The van der Waals surface area contributed by atoms with E-state index in [9.17, 15) is 8.78 Å². The van der Waals surface area contributed by atoms with Gasteiger partial charge >= 0.3 is 0 Å². The molecular weight excluding hydrogens is 330 g/mol. The Morgan fingerprint density at radius 1 is 0.833 bits per heavy atom. The molecule has 122 valence electrons. The smallest absolute Gasteiger partial charge is 0.264 e. The van der Waals surface area contributed by atoms with Crippen LogP contribution in [0.2, 0.25) is 5.02 Å². The highest BCUT2D eigenvalue weighted by Gasteiger charge is 2.17. The second kappa shape index (κ2) is 7.45. The molecule has 0 aliphatic carbocycles. The van der Waals surface area contributed by atoms with Gasteiger partial charge in [0.15, 0.2) is 0 Å². The van der Waals surface area contributed by atoms with Crippen LogP contribution in [-0.4, -0.2) is 0 Å². The van der Waals surface area contributed by atoms with Crippen molar-refractivity contribution in [1.82, 2.24) is 0 Å². The van der Waals surface area contributed by atoms with Crippen molar-refractivity contribution >= 4 is 11.6 Å². The van der Waals surface area contributed by atoms with Gasteiger partial charge in [-0.3, -0.25) is 0 Å². The summed E-state index contributed by atoms with van der Waals surface area (Å²) in [6.45, 7) is 0.328. The van der Waals surface area contributed by atoms with Gasteiger partial charge in [0.25, 0.3) is 6.43 Å². The van der Waals surface area contributed by atoms with Crippen molar-refractivity contribution in [3.63, 3.8) is 0 Å². The van der Waals surface area contributed by atoms with Crippen LogP contribution in [0.15, 0.2) is 72.8 Å². The van der Waals surface area contributed by atoms with E-state index in [0.717, 1.165) is 5.56 Å². The van der Waals surface area contributed by atoms with Gasteiger partial charge in [-0.2, -0.15) is 0 Å². The molecule has 0 unspecified atom stereocenters. The van der Waals surface area contributed by atoms with Gasteiger partial charge in [0.1, 0.15) is 12.4 Å². The first-order chi connectivity index (χ1) is 11.6. The molecule has 3 rings (SSSR count). The Morgan fingerprint density at radius 2 is 1.54 bits per heavy atom. The summed E-state index contributed by atoms with van der Waals surface area (Å²) < 4.78 is 32.6. The van der Waals surface area contributed by atoms with Gasteiger partial charge in [-0.15, -0.1) is 0 Å². The number of ether oxygens (including phenoxy) is 1. The molecule has 0 spiro atoms. The van der Waals surface area contributed by atoms with Gasteiger partial charge in [-0.25, -0.2) is 8.78 Å². The van der Waals surface area contributed by atoms with Gasteiger partial charge in [-0.1, -0.05) is 66.2 Å². The number of alkyl halides is 2. The SMILES string of the molecule is FC(F)c1cc(OCc2ccccc2)ccc1-c1ccccc1Cl. The molecule has 0 N–H and O–H groups in total. The van der Waals surface area contributed by atoms with Crippen LogP contribution in [0.1, 0.15) is 17.6 Å². The zero-order valence-electron chi connectivity index (χ0n) is 12.8. The number of rotatable bonds is 5. The van der Waals surface area contributed by atoms with Crippen LogP contribution in [0.4, 0.5) is 8.78 Å². The average molecular weight is 345 g/mol. The molecule has 0 atom stereocenters. The van der Waals surface area contributed by atoms with E-state index in [1.54, 1.807) is 36.4 Å². The number of benzene rings is 3. The van der Waals surface area contributed by atoms with E-state index in [2.05, 4.69) is 0 Å². The van der Waals surface area contributed by atoms with Crippen molar-refractivity contribution < 1.29 is 13.5 Å². The topological polar surface area (TPSA) is 9.23 Å². The predicted octanol–water partition coefficient (Wildman–Crippen LogP) is 6.52. The molecule has 0 saturated heterocycles. The lowest BCUT2D eigenvalue weighted by molar-refractivity contribution is 0.151. The molecule has 0 heterocycles. The van der Waals surface area contributed by atoms with Gasteiger partial charge in [-0.05, 0) is 29.3 Å². The molecular formula is C20H15ClF2O. The van der Waals surface area contributed by atoms with Crippen LogP contribution in [0.25, 0.3) is 11.1 Å². The summed E-state index contributed by atoms with van der Waals surface area (Å²) >= 11 is 6.14. The van der Waals surface area contributed by atoms with Gasteiger partial charge < -0.3 is 4.74 Å². The van der Waals surface area contributed by atoms with Crippen molar-refractivity contribution in [2.45, 2.75) is 13.0 Å². The van der Waals surface area contributed by atoms with Crippen LogP contribution in [-0.2, 0) is 6.61 Å². The Balaban J connectivity index is 1.89. The molecule has 0 aliphatic rings. The fourth-order valence-corrected chi connectivity index (χ4v) is 2.71. The lowest BCUT2D eigenvalue weighted by Crippen LogP contribution is -1.97. The average Bonchev–Trinajstić information content (AvgIpc) is 2.61. The molecule has 3 aromatic rings. The zero-order chi connectivity index (χ0) is 16.9. The van der Waals surface area contributed by atoms with Gasteiger partial charge in [0.2, 0.25) is 0 Å². The summed E-state index contributed by atoms with van der Waals surface area (Å²) in [7, 11) is 0. The third-order valence-corrected chi connectivity index (χ3v) is 4.00. The quantitative estimate of drug-likeness (QED) is 0.511. The van der Waals surface area contributed by atoms with E-state index >= 15 is 0 Å². The fraction of sp³-hybridized carbons (Fsp3) is 0.100. The minimum atomic E-state index is -2.61. The molecule has 1 nitrogen and oxygen atoms in total. The van der Waals surface area contributed by atoms with E-state index in [-0.39, 0.29) is 5.56 Å². The third-order valence-electron chi connectivity index (χ3n) is 3.67. The maximum Gasteiger partial charge on any atom is 0.264 e. The Morgan fingerprint density at radius 3 is 2.25 bits per heavy atom. The Kier molecular flexibility index (Phi) is 5.11. The minimum absolute atomic E-state index is 0.0892. The first kappa shape index (κ1) is 16.5. The van der Waals surface area contributed by atoms with E-state index in [0.29, 0.717) is 28.5 Å². The second-order valence-electron chi connectivity index (χ2n) is 5.30. The lowest BCUT2D eigenvalue weighted by atomic mass is 9.99. The molecule has 0 aromatic heterocycles. The molecule has 24 heavy (non-hydrogen) atoms. The number of halogens is 3. The monoisotopic (exact) mass is 344 g/mol. The van der Waals surface area contributed by atoms with Crippen LogP contribution in [0, 0.1) is 0 Å². The molecule has 3 aromatic carbocycles. The van der Waals surface area contributed by atoms with Crippen LogP contribution < -0.4 is 4.74 Å². The van der Waals surface area contributed by atoms with Gasteiger partial charge in [0.05, 0.1) is 0 Å². The number of hydrogen-bond acceptors (Lipinski definition) is 1. The Hall–Kier alpha value is -2.39. The minimum Gasteiger partial charge on any atom is -0.489 e. The molecule has 0 fully saturated rings. The largest absolute Gasteiger partial charge is 0.489 e. The molecule has 0 aliphatic heterocycles. The molecule has 0 bridgehead atoms. The summed E-state index contributed by atoms with van der Waals surface area (Å²) in [5, 5.41) is 0.442. The molecule has 0 saturated carbocycles. The van der Waals surface area contributed by atoms with Gasteiger partial charge in [0, 0.05) is 16.1 Å². The van der Waals surface area contributed by atoms with Crippen LogP contribution >= 0.6 is 11.6 Å². The van der Waals surface area contributed by atoms with Crippen molar-refractivity contribution in [3.8, 4) is 16.9 Å². The second-order valence-corrected chi connectivity index (χ2v) is 5.71. The highest BCUT2D eigenvalue weighted by atomic mass is 35.5. The number of hydrogen-bond donors (Lipinski definition) is 0. The van der Waals surface area contributed by atoms with Crippen LogP contribution in [0.5, 0.6) is 5.75 Å². The summed E-state index contributed by atoms with van der Waals surface area (Å²) in [6.07, 6.45) is -2.61. The predicted molar refractivity (Wildman–Crippen MR) is 92.6 cm³/mol.